The number of rotatable bonds is 5. The third kappa shape index (κ3) is 5.02. The van der Waals surface area contributed by atoms with Gasteiger partial charge in [-0.15, -0.1) is 0 Å². The molecule has 0 saturated carbocycles. The molecule has 2 rings (SSSR count). The molecule has 1 aliphatic rings. The topological polar surface area (TPSA) is 12.5 Å². The van der Waals surface area contributed by atoms with Crippen molar-refractivity contribution in [2.24, 2.45) is 0 Å². The van der Waals surface area contributed by atoms with Crippen LogP contribution >= 0.6 is 42.4 Å². The molecule has 1 aromatic rings. The Morgan fingerprint density at radius 2 is 2.00 bits per heavy atom. The van der Waals surface area contributed by atoms with Gasteiger partial charge in [0.05, 0.1) is 0 Å². The van der Waals surface area contributed by atoms with Crippen LogP contribution in [0.3, 0.4) is 0 Å². The molecule has 1 saturated heterocycles. The summed E-state index contributed by atoms with van der Waals surface area (Å²) in [5.41, 5.74) is 1.39. The van der Waals surface area contributed by atoms with E-state index in [1.165, 1.54) is 31.1 Å². The van der Waals surface area contributed by atoms with E-state index >= 15 is 0 Å². The van der Waals surface area contributed by atoms with Crippen LogP contribution in [-0.4, -0.2) is 44.9 Å². The number of nitrogens with zero attached hydrogens (tertiary/aromatic N) is 1. The van der Waals surface area contributed by atoms with E-state index in [9.17, 15) is 0 Å². The van der Waals surface area contributed by atoms with Gasteiger partial charge in [-0.25, -0.2) is 0 Å². The predicted molar refractivity (Wildman–Crippen MR) is 105 cm³/mol. The molecule has 0 aliphatic carbocycles. The van der Waals surface area contributed by atoms with Gasteiger partial charge >= 0.3 is 145 Å². The molecule has 0 aromatic heterocycles. The van der Waals surface area contributed by atoms with Crippen molar-refractivity contribution in [2.75, 3.05) is 40.0 Å². The van der Waals surface area contributed by atoms with E-state index < -0.39 is 19.8 Å². The number of benzene rings is 1. The van der Waals surface area contributed by atoms with E-state index in [1.807, 2.05) is 0 Å². The Hall–Kier alpha value is 0.440. The second-order valence-corrected chi connectivity index (χ2v) is 13.1. The van der Waals surface area contributed by atoms with Crippen molar-refractivity contribution in [3.05, 3.63) is 27.3 Å². The van der Waals surface area contributed by atoms with Crippen LogP contribution in [0.15, 0.2) is 18.2 Å². The van der Waals surface area contributed by atoms with Gasteiger partial charge in [0.15, 0.2) is 0 Å². The van der Waals surface area contributed by atoms with Crippen molar-refractivity contribution in [1.29, 1.82) is 0 Å². The summed E-state index contributed by atoms with van der Waals surface area (Å²) in [4.78, 5) is 5.07. The molecule has 0 atom stereocenters. The van der Waals surface area contributed by atoms with Gasteiger partial charge in [0, 0.05) is 0 Å². The molecule has 114 valence electrons. The van der Waals surface area contributed by atoms with Crippen molar-refractivity contribution in [3.63, 3.8) is 0 Å². The molecule has 0 unspecified atom stereocenters. The zero-order valence-corrected chi connectivity index (χ0v) is 17.0. The van der Waals surface area contributed by atoms with E-state index in [-0.39, 0.29) is 0 Å². The Morgan fingerprint density at radius 1 is 1.30 bits per heavy atom. The first-order chi connectivity index (χ1) is 9.56. The molecule has 2 nitrogen and oxygen atoms in total. The van der Waals surface area contributed by atoms with Crippen molar-refractivity contribution in [2.45, 2.75) is 19.8 Å². The molecule has 0 bridgehead atoms. The van der Waals surface area contributed by atoms with Gasteiger partial charge in [0.2, 0.25) is 0 Å². The number of alkyl halides is 3. The molecule has 0 amide bonds. The second-order valence-electron chi connectivity index (χ2n) is 5.64. The van der Waals surface area contributed by atoms with E-state index in [1.54, 1.807) is 0 Å². The monoisotopic (exact) mass is 501 g/mol. The number of ether oxygens (including phenoxy) is 1. The van der Waals surface area contributed by atoms with Crippen molar-refractivity contribution < 1.29 is 4.74 Å². The summed E-state index contributed by atoms with van der Waals surface area (Å²) in [5, 5.41) is 0. The summed E-state index contributed by atoms with van der Waals surface area (Å²) in [7, 11) is 0. The number of halogens is 2. The van der Waals surface area contributed by atoms with Gasteiger partial charge in [-0.1, -0.05) is 0 Å². The first-order valence-corrected chi connectivity index (χ1v) is 13.5. The van der Waals surface area contributed by atoms with Gasteiger partial charge in [-0.05, 0) is 0 Å². The fourth-order valence-electron chi connectivity index (χ4n) is 2.24. The Morgan fingerprint density at radius 3 is 2.60 bits per heavy atom. The van der Waals surface area contributed by atoms with E-state index in [4.69, 9.17) is 4.74 Å². The maximum atomic E-state index is 5.96. The van der Waals surface area contributed by atoms with Gasteiger partial charge in [0.25, 0.3) is 0 Å². The minimum atomic E-state index is -0.492. The molecule has 0 spiro atoms. The van der Waals surface area contributed by atoms with E-state index in [2.05, 4.69) is 64.5 Å². The quantitative estimate of drug-likeness (QED) is 0.443. The maximum absolute atomic E-state index is 5.96. The summed E-state index contributed by atoms with van der Waals surface area (Å²) in [5.74, 6) is 1.62. The van der Waals surface area contributed by atoms with Crippen molar-refractivity contribution in [3.8, 4) is 5.75 Å². The third-order valence-corrected chi connectivity index (χ3v) is 9.23. The molecule has 1 aliphatic heterocycles. The summed E-state index contributed by atoms with van der Waals surface area (Å²) < 4.78 is 10.2. The summed E-state index contributed by atoms with van der Waals surface area (Å²) in [6.07, 6.45) is 0. The van der Waals surface area contributed by atoms with Gasteiger partial charge in [-0.3, -0.25) is 0 Å². The van der Waals surface area contributed by atoms with Crippen LogP contribution in [0.4, 0.5) is 0 Å². The summed E-state index contributed by atoms with van der Waals surface area (Å²) >= 11 is 1.89. The van der Waals surface area contributed by atoms with Crippen LogP contribution in [0, 0.1) is 3.57 Å². The van der Waals surface area contributed by atoms with Crippen LogP contribution in [0.5, 0.6) is 5.75 Å². The van der Waals surface area contributed by atoms with Crippen LogP contribution in [0.25, 0.3) is 0 Å². The zero-order chi connectivity index (χ0) is 14.5. The van der Waals surface area contributed by atoms with Crippen molar-refractivity contribution in [1.82, 2.24) is 4.90 Å². The van der Waals surface area contributed by atoms with Crippen LogP contribution in [-0.2, 0) is 0 Å². The molecule has 20 heavy (non-hydrogen) atoms. The molecule has 4 heteroatoms. The summed E-state index contributed by atoms with van der Waals surface area (Å²) in [6.45, 7) is 8.95. The van der Waals surface area contributed by atoms with Crippen LogP contribution < -0.4 is 4.74 Å². The minimum absolute atomic E-state index is 0.492. The number of hydrogen-bond donors (Lipinski definition) is 0. The van der Waals surface area contributed by atoms with Gasteiger partial charge in [-0.2, -0.15) is 0 Å². The van der Waals surface area contributed by atoms with E-state index in [0.29, 0.717) is 5.92 Å². The first-order valence-electron chi connectivity index (χ1n) is 7.22. The molecule has 0 N–H and O–H groups in total. The van der Waals surface area contributed by atoms with Gasteiger partial charge < -0.3 is 0 Å². The first kappa shape index (κ1) is 16.8. The normalized spacial score (nSPS) is 18.6. The average Bonchev–Trinajstić information content (AvgIpc) is 2.42. The SMILES string of the molecule is CC(C)c1ccc(OCCN2CCI(C)CC2)c(I)c1. The fraction of sp³-hybridized carbons (Fsp3) is 0.625. The van der Waals surface area contributed by atoms with Gasteiger partial charge in [0.1, 0.15) is 0 Å². The van der Waals surface area contributed by atoms with E-state index in [0.717, 1.165) is 18.9 Å². The van der Waals surface area contributed by atoms with Crippen LogP contribution in [0.2, 0.25) is 0 Å². The molecule has 1 heterocycles. The second kappa shape index (κ2) is 8.17. The van der Waals surface area contributed by atoms with Crippen LogP contribution in [0.1, 0.15) is 25.3 Å². The molecule has 1 aromatic carbocycles. The summed E-state index contributed by atoms with van der Waals surface area (Å²) in [6, 6.07) is 6.57. The molecular weight excluding hydrogens is 476 g/mol. The standard InChI is InChI=1S/C16H25I2NO/c1-13(2)14-4-5-16(15(17)12-14)20-11-10-19-8-6-18(3)7-9-19/h4-5,12-13H,6-11H2,1-3H3. The average molecular weight is 501 g/mol. The molecule has 1 fully saturated rings. The Kier molecular flexibility index (Phi) is 6.87. The third-order valence-electron chi connectivity index (χ3n) is 3.73. The zero-order valence-electron chi connectivity index (χ0n) is 12.7. The Balaban J connectivity index is 1.79. The molecular formula is C16H25I2NO. The predicted octanol–water partition coefficient (Wildman–Crippen LogP) is 4.25. The Bertz CT molecular complexity index is 428. The van der Waals surface area contributed by atoms with Crippen molar-refractivity contribution >= 4 is 42.4 Å². The fourth-order valence-corrected chi connectivity index (χ4v) is 6.48. The molecule has 0 radical (unpaired) electrons. The number of hydrogen-bond acceptors (Lipinski definition) is 2. The Labute approximate surface area is 144 Å².